The zero-order chi connectivity index (χ0) is 17.5. The van der Waals surface area contributed by atoms with Gasteiger partial charge in [-0.05, 0) is 58.1 Å². The van der Waals surface area contributed by atoms with Crippen molar-refractivity contribution in [2.24, 2.45) is 5.92 Å². The van der Waals surface area contributed by atoms with Crippen LogP contribution in [0, 0.1) is 5.92 Å². The van der Waals surface area contributed by atoms with Crippen LogP contribution >= 0.6 is 0 Å². The average molecular weight is 331 g/mol. The number of rotatable bonds is 4. The molecule has 1 saturated heterocycles. The minimum absolute atomic E-state index is 0.0781. The van der Waals surface area contributed by atoms with Crippen LogP contribution < -0.4 is 15.5 Å². The van der Waals surface area contributed by atoms with Gasteiger partial charge in [0.25, 0.3) is 0 Å². The highest BCUT2D eigenvalue weighted by Gasteiger charge is 2.51. The summed E-state index contributed by atoms with van der Waals surface area (Å²) in [6.07, 6.45) is 3.08. The Kier molecular flexibility index (Phi) is 4.38. The van der Waals surface area contributed by atoms with E-state index in [0.29, 0.717) is 5.75 Å². The van der Waals surface area contributed by atoms with Gasteiger partial charge in [0.1, 0.15) is 5.75 Å². The van der Waals surface area contributed by atoms with Crippen LogP contribution in [0.15, 0.2) is 18.2 Å². The molecule has 1 aliphatic heterocycles. The molecule has 1 aromatic rings. The van der Waals surface area contributed by atoms with Crippen molar-refractivity contribution in [3.63, 3.8) is 0 Å². The van der Waals surface area contributed by atoms with E-state index in [1.807, 2.05) is 45.9 Å². The first-order valence-corrected chi connectivity index (χ1v) is 8.57. The van der Waals surface area contributed by atoms with Gasteiger partial charge in [-0.15, -0.1) is 0 Å². The third kappa shape index (κ3) is 3.17. The average Bonchev–Trinajstić information content (AvgIpc) is 2.65. The van der Waals surface area contributed by atoms with Gasteiger partial charge in [-0.2, -0.15) is 0 Å². The van der Waals surface area contributed by atoms with Crippen molar-refractivity contribution in [3.8, 4) is 5.75 Å². The SMILES string of the molecule is COc1cc(NC(=O)C2CCC2)cc(B2OC(C)(C)C(C)(C)O2)c1. The fourth-order valence-corrected chi connectivity index (χ4v) is 2.84. The van der Waals surface area contributed by atoms with E-state index in [0.717, 1.165) is 30.4 Å². The summed E-state index contributed by atoms with van der Waals surface area (Å²) in [6.45, 7) is 8.08. The van der Waals surface area contributed by atoms with E-state index in [2.05, 4.69) is 5.32 Å². The maximum Gasteiger partial charge on any atom is 0.495 e. The smallest absolute Gasteiger partial charge is 0.495 e. The van der Waals surface area contributed by atoms with Crippen LogP contribution in [0.2, 0.25) is 0 Å². The van der Waals surface area contributed by atoms with Gasteiger partial charge in [0.15, 0.2) is 0 Å². The lowest BCUT2D eigenvalue weighted by atomic mass is 9.78. The standard InChI is InChI=1S/C18H26BNO4/c1-17(2)18(3,4)24-19(23-17)13-9-14(11-15(10-13)22-5)20-16(21)12-7-6-8-12/h9-12H,6-8H2,1-5H3,(H,20,21). The summed E-state index contributed by atoms with van der Waals surface area (Å²) in [5, 5.41) is 2.99. The minimum atomic E-state index is -0.482. The summed E-state index contributed by atoms with van der Waals surface area (Å²) in [6, 6.07) is 5.62. The first-order valence-electron chi connectivity index (χ1n) is 8.57. The summed E-state index contributed by atoms with van der Waals surface area (Å²) in [5.41, 5.74) is 0.750. The minimum Gasteiger partial charge on any atom is -0.497 e. The molecule has 1 heterocycles. The lowest BCUT2D eigenvalue weighted by Crippen LogP contribution is -2.41. The first-order chi connectivity index (χ1) is 11.2. The highest BCUT2D eigenvalue weighted by atomic mass is 16.7. The highest BCUT2D eigenvalue weighted by Crippen LogP contribution is 2.37. The number of methoxy groups -OCH3 is 1. The van der Waals surface area contributed by atoms with Crippen molar-refractivity contribution < 1.29 is 18.8 Å². The molecule has 5 nitrogen and oxygen atoms in total. The van der Waals surface area contributed by atoms with Crippen LogP contribution in [-0.2, 0) is 14.1 Å². The predicted molar refractivity (Wildman–Crippen MR) is 94.7 cm³/mol. The normalized spacial score (nSPS) is 22.1. The summed E-state index contributed by atoms with van der Waals surface area (Å²) in [4.78, 5) is 12.2. The van der Waals surface area contributed by atoms with E-state index >= 15 is 0 Å². The molecule has 6 heteroatoms. The van der Waals surface area contributed by atoms with E-state index in [9.17, 15) is 4.79 Å². The lowest BCUT2D eigenvalue weighted by Gasteiger charge is -2.32. The maximum atomic E-state index is 12.2. The van der Waals surface area contributed by atoms with Crippen molar-refractivity contribution in [1.82, 2.24) is 0 Å². The maximum absolute atomic E-state index is 12.2. The van der Waals surface area contributed by atoms with Gasteiger partial charge >= 0.3 is 7.12 Å². The van der Waals surface area contributed by atoms with Gasteiger partial charge in [-0.1, -0.05) is 6.42 Å². The number of nitrogens with one attached hydrogen (secondary N) is 1. The molecule has 1 N–H and O–H groups in total. The molecular weight excluding hydrogens is 305 g/mol. The molecule has 2 aliphatic rings. The molecule has 1 saturated carbocycles. The number of carbonyl (C=O) groups is 1. The van der Waals surface area contributed by atoms with E-state index in [4.69, 9.17) is 14.0 Å². The molecule has 1 aromatic carbocycles. The van der Waals surface area contributed by atoms with Gasteiger partial charge < -0.3 is 19.4 Å². The molecule has 24 heavy (non-hydrogen) atoms. The number of carbonyl (C=O) groups excluding carboxylic acids is 1. The third-order valence-electron chi connectivity index (χ3n) is 5.43. The topological polar surface area (TPSA) is 56.8 Å². The Bertz CT molecular complexity index is 624. The van der Waals surface area contributed by atoms with Crippen molar-refractivity contribution in [1.29, 1.82) is 0 Å². The second kappa shape index (κ2) is 6.08. The van der Waals surface area contributed by atoms with Crippen LogP contribution in [0.1, 0.15) is 47.0 Å². The fourth-order valence-electron chi connectivity index (χ4n) is 2.84. The van der Waals surface area contributed by atoms with Crippen molar-refractivity contribution >= 4 is 24.2 Å². The molecule has 0 unspecified atom stereocenters. The molecule has 0 spiro atoms. The van der Waals surface area contributed by atoms with Crippen molar-refractivity contribution in [2.75, 3.05) is 12.4 Å². The van der Waals surface area contributed by atoms with Crippen LogP contribution in [-0.4, -0.2) is 31.3 Å². The molecular formula is C18H26BNO4. The number of hydrogen-bond acceptors (Lipinski definition) is 4. The quantitative estimate of drug-likeness (QED) is 0.862. The van der Waals surface area contributed by atoms with Crippen LogP contribution in [0.5, 0.6) is 5.75 Å². The highest BCUT2D eigenvalue weighted by molar-refractivity contribution is 6.62. The van der Waals surface area contributed by atoms with Crippen LogP contribution in [0.25, 0.3) is 0 Å². The zero-order valence-electron chi connectivity index (χ0n) is 15.1. The third-order valence-corrected chi connectivity index (χ3v) is 5.43. The largest absolute Gasteiger partial charge is 0.497 e. The number of amides is 1. The second-order valence-corrected chi connectivity index (χ2v) is 7.70. The van der Waals surface area contributed by atoms with Crippen LogP contribution in [0.3, 0.4) is 0 Å². The summed E-state index contributed by atoms with van der Waals surface area (Å²) < 4.78 is 17.6. The Labute approximate surface area is 144 Å². The molecule has 1 aliphatic carbocycles. The summed E-state index contributed by atoms with van der Waals surface area (Å²) >= 11 is 0. The molecule has 3 rings (SSSR count). The Balaban J connectivity index is 1.83. The zero-order valence-corrected chi connectivity index (χ0v) is 15.1. The molecule has 130 valence electrons. The van der Waals surface area contributed by atoms with Gasteiger partial charge in [0.05, 0.1) is 18.3 Å². The van der Waals surface area contributed by atoms with E-state index in [1.54, 1.807) is 7.11 Å². The summed E-state index contributed by atoms with van der Waals surface area (Å²) in [5.74, 6) is 0.886. The van der Waals surface area contributed by atoms with Gasteiger partial charge in [-0.3, -0.25) is 4.79 Å². The Hall–Kier alpha value is -1.53. The Morgan fingerprint density at radius 3 is 2.29 bits per heavy atom. The monoisotopic (exact) mass is 331 g/mol. The van der Waals surface area contributed by atoms with Crippen molar-refractivity contribution in [2.45, 2.75) is 58.2 Å². The number of hydrogen-bond donors (Lipinski definition) is 1. The second-order valence-electron chi connectivity index (χ2n) is 7.70. The Morgan fingerprint density at radius 1 is 1.17 bits per heavy atom. The van der Waals surface area contributed by atoms with Gasteiger partial charge in [0.2, 0.25) is 5.91 Å². The number of benzene rings is 1. The van der Waals surface area contributed by atoms with E-state index in [1.165, 1.54) is 0 Å². The summed E-state index contributed by atoms with van der Waals surface area (Å²) in [7, 11) is 1.13. The molecule has 0 radical (unpaired) electrons. The lowest BCUT2D eigenvalue weighted by molar-refractivity contribution is -0.122. The van der Waals surface area contributed by atoms with E-state index in [-0.39, 0.29) is 11.8 Å². The fraction of sp³-hybridized carbons (Fsp3) is 0.611. The number of ether oxygens (including phenoxy) is 1. The molecule has 0 bridgehead atoms. The number of anilines is 1. The van der Waals surface area contributed by atoms with Crippen LogP contribution in [0.4, 0.5) is 5.69 Å². The predicted octanol–water partition coefficient (Wildman–Crippen LogP) is 2.73. The van der Waals surface area contributed by atoms with Gasteiger partial charge in [0, 0.05) is 17.7 Å². The van der Waals surface area contributed by atoms with Crippen molar-refractivity contribution in [3.05, 3.63) is 18.2 Å². The van der Waals surface area contributed by atoms with Gasteiger partial charge in [-0.25, -0.2) is 0 Å². The first kappa shape index (κ1) is 17.3. The Morgan fingerprint density at radius 2 is 1.79 bits per heavy atom. The molecule has 1 amide bonds. The molecule has 2 fully saturated rings. The molecule has 0 aromatic heterocycles. The van der Waals surface area contributed by atoms with E-state index < -0.39 is 18.3 Å². The molecule has 0 atom stereocenters.